The molecule has 30 heavy (non-hydrogen) atoms. The number of amides is 2. The molecule has 2 amide bonds. The molecule has 0 saturated carbocycles. The Balaban J connectivity index is 1.47. The van der Waals surface area contributed by atoms with Gasteiger partial charge in [-0.15, -0.1) is 0 Å². The van der Waals surface area contributed by atoms with Crippen molar-refractivity contribution in [1.82, 2.24) is 15.2 Å². The molecule has 4 rings (SSSR count). The molecule has 8 heteroatoms. The van der Waals surface area contributed by atoms with Gasteiger partial charge in [-0.25, -0.2) is 4.98 Å². The summed E-state index contributed by atoms with van der Waals surface area (Å²) in [5, 5.41) is 5.54. The number of aromatic nitrogens is 1. The lowest BCUT2D eigenvalue weighted by Crippen LogP contribution is -2.49. The number of piperazine rings is 1. The molecule has 2 aromatic rings. The molecule has 156 valence electrons. The summed E-state index contributed by atoms with van der Waals surface area (Å²) in [6.45, 7) is 8.46. The standard InChI is InChI=1S/C22H24IN5O2/c1-14(2)27-7-9-28(10-8-27)20-6-4-16(12-25-20)24-13-19-18-11-15(23)3-5-17(18)21(29)26-22(19)30/h3-6,11-14,24H,7-10H2,1-2H3,(H,26,29,30)/b19-13-. The lowest BCUT2D eigenvalue weighted by atomic mass is 9.96. The first-order valence-corrected chi connectivity index (χ1v) is 11.1. The number of fused-ring (bicyclic) bond motifs is 1. The summed E-state index contributed by atoms with van der Waals surface area (Å²) in [4.78, 5) is 33.8. The molecular weight excluding hydrogens is 493 g/mol. The first-order valence-electron chi connectivity index (χ1n) is 10.00. The second-order valence-corrected chi connectivity index (χ2v) is 8.94. The van der Waals surface area contributed by atoms with Crippen LogP contribution >= 0.6 is 22.6 Å². The van der Waals surface area contributed by atoms with E-state index in [1.54, 1.807) is 18.5 Å². The topological polar surface area (TPSA) is 77.6 Å². The van der Waals surface area contributed by atoms with Gasteiger partial charge in [0.2, 0.25) is 0 Å². The summed E-state index contributed by atoms with van der Waals surface area (Å²) in [6.07, 6.45) is 3.40. The lowest BCUT2D eigenvalue weighted by Gasteiger charge is -2.37. The number of halogens is 1. The van der Waals surface area contributed by atoms with Crippen LogP contribution in [0.2, 0.25) is 0 Å². The summed E-state index contributed by atoms with van der Waals surface area (Å²) >= 11 is 2.17. The molecule has 1 aromatic carbocycles. The molecule has 1 aromatic heterocycles. The maximum absolute atomic E-state index is 12.4. The van der Waals surface area contributed by atoms with Gasteiger partial charge in [0, 0.05) is 53.1 Å². The summed E-state index contributed by atoms with van der Waals surface area (Å²) in [7, 11) is 0. The van der Waals surface area contributed by atoms with Crippen molar-refractivity contribution < 1.29 is 9.59 Å². The summed E-state index contributed by atoms with van der Waals surface area (Å²) in [5.41, 5.74) is 2.34. The number of pyridine rings is 1. The molecule has 0 bridgehead atoms. The number of carbonyl (C=O) groups excluding carboxylic acids is 2. The quantitative estimate of drug-likeness (QED) is 0.369. The smallest absolute Gasteiger partial charge is 0.260 e. The van der Waals surface area contributed by atoms with Crippen LogP contribution in [-0.2, 0) is 4.79 Å². The van der Waals surface area contributed by atoms with E-state index >= 15 is 0 Å². The van der Waals surface area contributed by atoms with Gasteiger partial charge in [-0.2, -0.15) is 0 Å². The van der Waals surface area contributed by atoms with Gasteiger partial charge in [-0.05, 0) is 66.8 Å². The number of carbonyl (C=O) groups is 2. The number of hydrogen-bond donors (Lipinski definition) is 2. The Kier molecular flexibility index (Phi) is 6.05. The van der Waals surface area contributed by atoms with Crippen LogP contribution in [0.1, 0.15) is 29.8 Å². The molecule has 3 heterocycles. The Hall–Kier alpha value is -2.46. The molecule has 2 aliphatic rings. The fourth-order valence-corrected chi connectivity index (χ4v) is 4.21. The van der Waals surface area contributed by atoms with Gasteiger partial charge < -0.3 is 10.2 Å². The van der Waals surface area contributed by atoms with Crippen LogP contribution in [0.3, 0.4) is 0 Å². The SMILES string of the molecule is CC(C)N1CCN(c2ccc(N/C=C3\C(=O)NC(=O)c4ccc(I)cc43)cn2)CC1. The molecule has 0 aliphatic carbocycles. The minimum absolute atomic E-state index is 0.368. The highest BCUT2D eigenvalue weighted by molar-refractivity contribution is 14.1. The predicted molar refractivity (Wildman–Crippen MR) is 126 cm³/mol. The van der Waals surface area contributed by atoms with Crippen LogP contribution in [-0.4, -0.2) is 53.9 Å². The van der Waals surface area contributed by atoms with Gasteiger partial charge in [0.1, 0.15) is 5.82 Å². The van der Waals surface area contributed by atoms with E-state index in [4.69, 9.17) is 0 Å². The van der Waals surface area contributed by atoms with Crippen molar-refractivity contribution >= 4 is 51.5 Å². The zero-order valence-corrected chi connectivity index (χ0v) is 19.1. The average Bonchev–Trinajstić information content (AvgIpc) is 2.74. The van der Waals surface area contributed by atoms with E-state index in [0.717, 1.165) is 41.3 Å². The average molecular weight is 517 g/mol. The molecule has 1 fully saturated rings. The number of anilines is 2. The maximum atomic E-state index is 12.4. The second kappa shape index (κ2) is 8.73. The third-order valence-electron chi connectivity index (χ3n) is 5.49. The highest BCUT2D eigenvalue weighted by Gasteiger charge is 2.27. The van der Waals surface area contributed by atoms with E-state index in [1.807, 2.05) is 24.3 Å². The van der Waals surface area contributed by atoms with Gasteiger partial charge in [-0.3, -0.25) is 19.8 Å². The monoisotopic (exact) mass is 517 g/mol. The van der Waals surface area contributed by atoms with Gasteiger partial charge >= 0.3 is 0 Å². The normalized spacial score (nSPS) is 18.5. The highest BCUT2D eigenvalue weighted by atomic mass is 127. The molecule has 7 nitrogen and oxygen atoms in total. The van der Waals surface area contributed by atoms with E-state index in [2.05, 4.69) is 61.9 Å². The molecule has 2 N–H and O–H groups in total. The van der Waals surface area contributed by atoms with E-state index in [1.165, 1.54) is 0 Å². The van der Waals surface area contributed by atoms with Crippen LogP contribution < -0.4 is 15.5 Å². The number of imide groups is 1. The van der Waals surface area contributed by atoms with Gasteiger partial charge in [0.15, 0.2) is 0 Å². The number of nitrogens with one attached hydrogen (secondary N) is 2. The Morgan fingerprint density at radius 3 is 2.50 bits per heavy atom. The van der Waals surface area contributed by atoms with Crippen molar-refractivity contribution in [1.29, 1.82) is 0 Å². The number of rotatable bonds is 4. The van der Waals surface area contributed by atoms with E-state index in [-0.39, 0.29) is 5.91 Å². The van der Waals surface area contributed by atoms with Crippen LogP contribution in [0.25, 0.3) is 5.57 Å². The highest BCUT2D eigenvalue weighted by Crippen LogP contribution is 2.26. The van der Waals surface area contributed by atoms with Crippen LogP contribution in [0.4, 0.5) is 11.5 Å². The van der Waals surface area contributed by atoms with Crippen molar-refractivity contribution in [2.75, 3.05) is 36.4 Å². The van der Waals surface area contributed by atoms with Crippen LogP contribution in [0.5, 0.6) is 0 Å². The Morgan fingerprint density at radius 1 is 1.07 bits per heavy atom. The van der Waals surface area contributed by atoms with E-state index < -0.39 is 5.91 Å². The molecule has 0 spiro atoms. The lowest BCUT2D eigenvalue weighted by molar-refractivity contribution is -0.114. The molecule has 0 unspecified atom stereocenters. The van der Waals surface area contributed by atoms with Gasteiger partial charge in [-0.1, -0.05) is 0 Å². The molecular formula is C22H24IN5O2. The number of hydrogen-bond acceptors (Lipinski definition) is 6. The van der Waals surface area contributed by atoms with Crippen LogP contribution in [0.15, 0.2) is 42.7 Å². The summed E-state index contributed by atoms with van der Waals surface area (Å²) in [6, 6.07) is 9.95. The zero-order chi connectivity index (χ0) is 21.3. The van der Waals surface area contributed by atoms with Gasteiger partial charge in [0.05, 0.1) is 17.5 Å². The largest absolute Gasteiger partial charge is 0.360 e. The second-order valence-electron chi connectivity index (χ2n) is 7.70. The predicted octanol–water partition coefficient (Wildman–Crippen LogP) is 2.94. The maximum Gasteiger partial charge on any atom is 0.260 e. The van der Waals surface area contributed by atoms with Crippen LogP contribution in [0, 0.1) is 3.57 Å². The van der Waals surface area contributed by atoms with Crippen molar-refractivity contribution in [3.05, 3.63) is 57.4 Å². The van der Waals surface area contributed by atoms with E-state index in [9.17, 15) is 9.59 Å². The fourth-order valence-electron chi connectivity index (χ4n) is 3.72. The van der Waals surface area contributed by atoms with Crippen molar-refractivity contribution in [3.63, 3.8) is 0 Å². The minimum Gasteiger partial charge on any atom is -0.360 e. The molecule has 0 radical (unpaired) electrons. The Bertz CT molecular complexity index is 995. The minimum atomic E-state index is -0.408. The Labute approximate surface area is 189 Å². The number of benzene rings is 1. The van der Waals surface area contributed by atoms with Crippen molar-refractivity contribution in [2.24, 2.45) is 0 Å². The zero-order valence-electron chi connectivity index (χ0n) is 17.0. The first-order chi connectivity index (χ1) is 14.4. The Morgan fingerprint density at radius 2 is 1.83 bits per heavy atom. The first kappa shape index (κ1) is 20.8. The third-order valence-corrected chi connectivity index (χ3v) is 6.16. The molecule has 2 aliphatic heterocycles. The van der Waals surface area contributed by atoms with Crippen molar-refractivity contribution in [2.45, 2.75) is 19.9 Å². The molecule has 0 atom stereocenters. The number of nitrogens with zero attached hydrogens (tertiary/aromatic N) is 3. The molecule has 1 saturated heterocycles. The summed E-state index contributed by atoms with van der Waals surface area (Å²) in [5.74, 6) is 0.180. The summed E-state index contributed by atoms with van der Waals surface area (Å²) < 4.78 is 0.961. The van der Waals surface area contributed by atoms with Crippen molar-refractivity contribution in [3.8, 4) is 0 Å². The van der Waals surface area contributed by atoms with E-state index in [0.29, 0.717) is 22.7 Å². The fraction of sp³-hybridized carbons (Fsp3) is 0.318. The van der Waals surface area contributed by atoms with Gasteiger partial charge in [0.25, 0.3) is 11.8 Å². The third kappa shape index (κ3) is 4.34.